The van der Waals surface area contributed by atoms with Gasteiger partial charge in [0.1, 0.15) is 0 Å². The lowest BCUT2D eigenvalue weighted by Crippen LogP contribution is -2.41. The van der Waals surface area contributed by atoms with Gasteiger partial charge in [-0.1, -0.05) is 5.16 Å². The second-order valence-corrected chi connectivity index (χ2v) is 4.74. The van der Waals surface area contributed by atoms with Crippen LogP contribution >= 0.6 is 0 Å². The van der Waals surface area contributed by atoms with Crippen molar-refractivity contribution in [3.8, 4) is 0 Å². The highest BCUT2D eigenvalue weighted by Crippen LogP contribution is 2.35. The number of nitrogens with two attached hydrogens (primary N) is 1. The Morgan fingerprint density at radius 1 is 1.53 bits per heavy atom. The Bertz CT molecular complexity index is 373. The summed E-state index contributed by atoms with van der Waals surface area (Å²) in [6.45, 7) is 3.73. The molecule has 2 aliphatic rings. The van der Waals surface area contributed by atoms with Gasteiger partial charge in [-0.2, -0.15) is 4.98 Å². The SMILES string of the molecule is Cc1nc(C2(N)CCN(C3CC3)C2)no1. The lowest BCUT2D eigenvalue weighted by molar-refractivity contribution is 0.292. The summed E-state index contributed by atoms with van der Waals surface area (Å²) in [5.41, 5.74) is 5.93. The fraction of sp³-hybridized carbons (Fsp3) is 0.800. The molecule has 0 spiro atoms. The molecule has 1 saturated carbocycles. The largest absolute Gasteiger partial charge is 0.340 e. The van der Waals surface area contributed by atoms with Gasteiger partial charge in [0.05, 0.1) is 5.54 Å². The van der Waals surface area contributed by atoms with E-state index in [1.807, 2.05) is 0 Å². The Hall–Kier alpha value is -0.940. The van der Waals surface area contributed by atoms with E-state index in [0.29, 0.717) is 11.7 Å². The molecule has 1 saturated heterocycles. The molecule has 82 valence electrons. The Morgan fingerprint density at radius 2 is 2.33 bits per heavy atom. The Labute approximate surface area is 88.6 Å². The molecule has 0 radical (unpaired) electrons. The van der Waals surface area contributed by atoms with Crippen molar-refractivity contribution in [2.24, 2.45) is 5.73 Å². The highest BCUT2D eigenvalue weighted by Gasteiger charge is 2.44. The maximum absolute atomic E-state index is 6.32. The third-order valence-corrected chi connectivity index (χ3v) is 3.37. The molecule has 1 aromatic heterocycles. The molecule has 1 aliphatic carbocycles. The molecular formula is C10H16N4O. The van der Waals surface area contributed by atoms with Gasteiger partial charge in [0, 0.05) is 26.1 Å². The fourth-order valence-corrected chi connectivity index (χ4v) is 2.30. The molecule has 0 bridgehead atoms. The Balaban J connectivity index is 1.79. The molecule has 1 atom stereocenters. The number of hydrogen-bond donors (Lipinski definition) is 1. The van der Waals surface area contributed by atoms with Crippen LogP contribution in [-0.4, -0.2) is 34.2 Å². The van der Waals surface area contributed by atoms with Crippen LogP contribution < -0.4 is 5.73 Å². The molecule has 0 aromatic carbocycles. The number of likely N-dealkylation sites (tertiary alicyclic amines) is 1. The molecule has 0 amide bonds. The van der Waals surface area contributed by atoms with E-state index >= 15 is 0 Å². The van der Waals surface area contributed by atoms with Crippen molar-refractivity contribution in [1.29, 1.82) is 0 Å². The summed E-state index contributed by atoms with van der Waals surface area (Å²) in [6, 6.07) is 0.767. The van der Waals surface area contributed by atoms with Gasteiger partial charge in [-0.05, 0) is 19.3 Å². The standard InChI is InChI=1S/C10H16N4O/c1-7-12-9(13-15-7)10(11)4-5-14(6-10)8-2-3-8/h8H,2-6,11H2,1H3. The van der Waals surface area contributed by atoms with E-state index in [1.54, 1.807) is 6.92 Å². The van der Waals surface area contributed by atoms with Crippen molar-refractivity contribution >= 4 is 0 Å². The zero-order chi connectivity index (χ0) is 10.5. The van der Waals surface area contributed by atoms with Gasteiger partial charge < -0.3 is 10.3 Å². The lowest BCUT2D eigenvalue weighted by atomic mass is 10.00. The zero-order valence-electron chi connectivity index (χ0n) is 8.94. The van der Waals surface area contributed by atoms with Crippen LogP contribution in [0, 0.1) is 6.92 Å². The number of rotatable bonds is 2. The predicted molar refractivity (Wildman–Crippen MR) is 54.1 cm³/mol. The van der Waals surface area contributed by atoms with Gasteiger partial charge in [0.25, 0.3) is 0 Å². The third-order valence-electron chi connectivity index (χ3n) is 3.37. The van der Waals surface area contributed by atoms with Gasteiger partial charge >= 0.3 is 0 Å². The number of aryl methyl sites for hydroxylation is 1. The molecular weight excluding hydrogens is 192 g/mol. The average Bonchev–Trinajstić information content (AvgIpc) is 2.84. The summed E-state index contributed by atoms with van der Waals surface area (Å²) < 4.78 is 4.99. The molecule has 2 N–H and O–H groups in total. The highest BCUT2D eigenvalue weighted by molar-refractivity contribution is 5.10. The van der Waals surface area contributed by atoms with Crippen LogP contribution in [0.3, 0.4) is 0 Å². The van der Waals surface area contributed by atoms with Crippen LogP contribution in [0.15, 0.2) is 4.52 Å². The second kappa shape index (κ2) is 3.02. The maximum atomic E-state index is 6.32. The first-order valence-electron chi connectivity index (χ1n) is 5.51. The third kappa shape index (κ3) is 1.55. The van der Waals surface area contributed by atoms with Gasteiger partial charge in [-0.3, -0.25) is 4.90 Å². The molecule has 1 aliphatic heterocycles. The van der Waals surface area contributed by atoms with Crippen LogP contribution in [0.25, 0.3) is 0 Å². The summed E-state index contributed by atoms with van der Waals surface area (Å²) in [5, 5.41) is 3.95. The topological polar surface area (TPSA) is 68.2 Å². The van der Waals surface area contributed by atoms with Crippen molar-refractivity contribution in [3.63, 3.8) is 0 Å². The molecule has 2 heterocycles. The summed E-state index contributed by atoms with van der Waals surface area (Å²) in [7, 11) is 0. The predicted octanol–water partition coefficient (Wildman–Crippen LogP) is 0.400. The molecule has 15 heavy (non-hydrogen) atoms. The van der Waals surface area contributed by atoms with Crippen molar-refractivity contribution in [2.75, 3.05) is 13.1 Å². The van der Waals surface area contributed by atoms with Crippen molar-refractivity contribution in [3.05, 3.63) is 11.7 Å². The molecule has 5 heteroatoms. The number of aromatic nitrogens is 2. The minimum absolute atomic E-state index is 0.389. The fourth-order valence-electron chi connectivity index (χ4n) is 2.30. The van der Waals surface area contributed by atoms with E-state index in [2.05, 4.69) is 15.0 Å². The van der Waals surface area contributed by atoms with Crippen molar-refractivity contribution in [1.82, 2.24) is 15.0 Å². The van der Waals surface area contributed by atoms with Crippen LogP contribution in [0.1, 0.15) is 31.0 Å². The van der Waals surface area contributed by atoms with Gasteiger partial charge in [-0.15, -0.1) is 0 Å². The number of nitrogens with zero attached hydrogens (tertiary/aromatic N) is 3. The lowest BCUT2D eigenvalue weighted by Gasteiger charge is -2.20. The van der Waals surface area contributed by atoms with E-state index in [4.69, 9.17) is 10.3 Å². The van der Waals surface area contributed by atoms with E-state index in [9.17, 15) is 0 Å². The van der Waals surface area contributed by atoms with E-state index in [0.717, 1.165) is 25.6 Å². The first-order chi connectivity index (χ1) is 7.17. The number of hydrogen-bond acceptors (Lipinski definition) is 5. The molecule has 3 rings (SSSR count). The smallest absolute Gasteiger partial charge is 0.223 e. The Morgan fingerprint density at radius 3 is 2.93 bits per heavy atom. The monoisotopic (exact) mass is 208 g/mol. The quantitative estimate of drug-likeness (QED) is 0.762. The van der Waals surface area contributed by atoms with Gasteiger partial charge in [-0.25, -0.2) is 0 Å². The average molecular weight is 208 g/mol. The maximum Gasteiger partial charge on any atom is 0.223 e. The Kier molecular flexibility index (Phi) is 1.87. The zero-order valence-corrected chi connectivity index (χ0v) is 8.94. The van der Waals surface area contributed by atoms with Crippen molar-refractivity contribution < 1.29 is 4.52 Å². The minimum atomic E-state index is -0.389. The molecule has 1 unspecified atom stereocenters. The van der Waals surface area contributed by atoms with Crippen molar-refractivity contribution in [2.45, 2.75) is 37.8 Å². The molecule has 2 fully saturated rings. The normalized spacial score (nSPS) is 32.4. The summed E-state index contributed by atoms with van der Waals surface area (Å²) >= 11 is 0. The van der Waals surface area contributed by atoms with Crippen LogP contribution in [0.5, 0.6) is 0 Å². The summed E-state index contributed by atoms with van der Waals surface area (Å²) in [4.78, 5) is 6.70. The van der Waals surface area contributed by atoms with Gasteiger partial charge in [0.15, 0.2) is 5.82 Å². The first kappa shape index (κ1) is 9.30. The highest BCUT2D eigenvalue weighted by atomic mass is 16.5. The molecule has 5 nitrogen and oxygen atoms in total. The minimum Gasteiger partial charge on any atom is -0.340 e. The molecule has 1 aromatic rings. The van der Waals surface area contributed by atoms with E-state index < -0.39 is 0 Å². The van der Waals surface area contributed by atoms with E-state index in [-0.39, 0.29) is 5.54 Å². The first-order valence-corrected chi connectivity index (χ1v) is 5.51. The van der Waals surface area contributed by atoms with E-state index in [1.165, 1.54) is 12.8 Å². The van der Waals surface area contributed by atoms with Crippen LogP contribution in [0.2, 0.25) is 0 Å². The summed E-state index contributed by atoms with van der Waals surface area (Å²) in [6.07, 6.45) is 3.57. The van der Waals surface area contributed by atoms with Crippen LogP contribution in [-0.2, 0) is 5.54 Å². The van der Waals surface area contributed by atoms with Crippen LogP contribution in [0.4, 0.5) is 0 Å². The van der Waals surface area contributed by atoms with Gasteiger partial charge in [0.2, 0.25) is 5.89 Å². The second-order valence-electron chi connectivity index (χ2n) is 4.74. The summed E-state index contributed by atoms with van der Waals surface area (Å²) in [5.74, 6) is 1.27.